The minimum atomic E-state index is -0.154. The molecule has 0 spiro atoms. The van der Waals surface area contributed by atoms with Gasteiger partial charge in [-0.05, 0) is 20.8 Å². The first-order valence-corrected chi connectivity index (χ1v) is 6.61. The third kappa shape index (κ3) is 3.19. The number of nitrogens with one attached hydrogen (secondary N) is 1. The molecule has 0 saturated heterocycles. The Morgan fingerprint density at radius 2 is 2.12 bits per heavy atom. The lowest BCUT2D eigenvalue weighted by Gasteiger charge is -2.15. The van der Waals surface area contributed by atoms with Crippen molar-refractivity contribution >= 4 is 28.8 Å². The number of aromatic nitrogens is 1. The number of rotatable bonds is 4. The second-order valence-electron chi connectivity index (χ2n) is 3.97. The van der Waals surface area contributed by atoms with E-state index in [2.05, 4.69) is 10.3 Å². The predicted molar refractivity (Wildman–Crippen MR) is 68.0 cm³/mol. The van der Waals surface area contributed by atoms with E-state index in [-0.39, 0.29) is 17.9 Å². The topological polar surface area (TPSA) is 42.0 Å². The van der Waals surface area contributed by atoms with Crippen LogP contribution in [-0.2, 0) is 4.79 Å². The molecule has 0 aliphatic heterocycles. The highest BCUT2D eigenvalue weighted by Crippen LogP contribution is 2.24. The molecule has 0 fully saturated rings. The fourth-order valence-electron chi connectivity index (χ4n) is 1.44. The van der Waals surface area contributed by atoms with Crippen molar-refractivity contribution in [2.24, 2.45) is 5.92 Å². The molecule has 0 aliphatic carbocycles. The fraction of sp³-hybridized carbons (Fsp3) is 0.636. The molecule has 1 aromatic heterocycles. The number of amides is 1. The largest absolute Gasteiger partial charge is 0.348 e. The van der Waals surface area contributed by atoms with Gasteiger partial charge in [0.05, 0.1) is 16.7 Å². The van der Waals surface area contributed by atoms with Gasteiger partial charge in [-0.25, -0.2) is 4.98 Å². The molecular weight excluding hydrogens is 244 g/mol. The molecule has 0 aliphatic rings. The van der Waals surface area contributed by atoms with Crippen molar-refractivity contribution in [1.29, 1.82) is 0 Å². The van der Waals surface area contributed by atoms with Crippen molar-refractivity contribution in [2.75, 3.05) is 5.88 Å². The Morgan fingerprint density at radius 3 is 2.56 bits per heavy atom. The molecule has 0 saturated carbocycles. The standard InChI is InChI=1S/C11H17ClN2OS/c1-6(5-12)11(15)14-8(3)10-7(2)13-9(4)16-10/h6,8H,5H2,1-4H3,(H,14,15). The van der Waals surface area contributed by atoms with E-state index in [0.29, 0.717) is 5.88 Å². The van der Waals surface area contributed by atoms with Crippen LogP contribution in [0.1, 0.15) is 35.5 Å². The maximum atomic E-state index is 11.7. The van der Waals surface area contributed by atoms with Crippen LogP contribution in [0.5, 0.6) is 0 Å². The predicted octanol–water partition coefficient (Wildman–Crippen LogP) is 2.81. The van der Waals surface area contributed by atoms with Crippen LogP contribution in [0, 0.1) is 19.8 Å². The smallest absolute Gasteiger partial charge is 0.224 e. The van der Waals surface area contributed by atoms with Gasteiger partial charge < -0.3 is 5.32 Å². The summed E-state index contributed by atoms with van der Waals surface area (Å²) in [5, 5.41) is 3.97. The molecule has 16 heavy (non-hydrogen) atoms. The molecule has 2 atom stereocenters. The monoisotopic (exact) mass is 260 g/mol. The van der Waals surface area contributed by atoms with E-state index in [9.17, 15) is 4.79 Å². The number of hydrogen-bond donors (Lipinski definition) is 1. The zero-order valence-corrected chi connectivity index (χ0v) is 11.6. The van der Waals surface area contributed by atoms with Crippen LogP contribution in [0.25, 0.3) is 0 Å². The van der Waals surface area contributed by atoms with E-state index in [4.69, 9.17) is 11.6 Å². The highest BCUT2D eigenvalue weighted by molar-refractivity contribution is 7.11. The number of halogens is 1. The SMILES string of the molecule is Cc1nc(C)c(C(C)NC(=O)C(C)CCl)s1. The summed E-state index contributed by atoms with van der Waals surface area (Å²) in [6.45, 7) is 7.72. The van der Waals surface area contributed by atoms with Crippen molar-refractivity contribution in [3.63, 3.8) is 0 Å². The first-order valence-electron chi connectivity index (χ1n) is 5.26. The highest BCUT2D eigenvalue weighted by atomic mass is 35.5. The Hall–Kier alpha value is -0.610. The summed E-state index contributed by atoms with van der Waals surface area (Å²) < 4.78 is 0. The number of nitrogens with zero attached hydrogens (tertiary/aromatic N) is 1. The van der Waals surface area contributed by atoms with Crippen molar-refractivity contribution in [2.45, 2.75) is 33.7 Å². The lowest BCUT2D eigenvalue weighted by atomic mass is 10.1. The maximum absolute atomic E-state index is 11.7. The van der Waals surface area contributed by atoms with E-state index < -0.39 is 0 Å². The molecule has 0 aromatic carbocycles. The molecule has 90 valence electrons. The number of hydrogen-bond acceptors (Lipinski definition) is 3. The normalized spacial score (nSPS) is 14.6. The third-order valence-electron chi connectivity index (χ3n) is 2.37. The summed E-state index contributed by atoms with van der Waals surface area (Å²) in [4.78, 5) is 17.1. The molecule has 1 aromatic rings. The molecule has 1 amide bonds. The third-order valence-corrected chi connectivity index (χ3v) is 4.09. The van der Waals surface area contributed by atoms with E-state index in [1.807, 2.05) is 27.7 Å². The van der Waals surface area contributed by atoms with Gasteiger partial charge in [0, 0.05) is 16.7 Å². The molecule has 3 nitrogen and oxygen atoms in total. The zero-order chi connectivity index (χ0) is 12.3. The number of alkyl halides is 1. The quantitative estimate of drug-likeness (QED) is 0.846. The molecule has 1 heterocycles. The van der Waals surface area contributed by atoms with E-state index in [1.165, 1.54) is 0 Å². The van der Waals surface area contributed by atoms with Crippen LogP contribution in [0.3, 0.4) is 0 Å². The number of thiazole rings is 1. The molecule has 1 N–H and O–H groups in total. The minimum absolute atomic E-state index is 0.00404. The van der Waals surface area contributed by atoms with Crippen LogP contribution in [0.2, 0.25) is 0 Å². The van der Waals surface area contributed by atoms with Gasteiger partial charge in [0.2, 0.25) is 5.91 Å². The average Bonchev–Trinajstić information content (AvgIpc) is 2.56. The Morgan fingerprint density at radius 1 is 1.50 bits per heavy atom. The second kappa shape index (κ2) is 5.64. The minimum Gasteiger partial charge on any atom is -0.348 e. The lowest BCUT2D eigenvalue weighted by Crippen LogP contribution is -2.32. The Labute approximate surface area is 105 Å². The van der Waals surface area contributed by atoms with Crippen molar-refractivity contribution in [3.8, 4) is 0 Å². The van der Waals surface area contributed by atoms with Crippen molar-refractivity contribution in [3.05, 3.63) is 15.6 Å². The summed E-state index contributed by atoms with van der Waals surface area (Å²) in [5.74, 6) is 0.186. The Bertz CT molecular complexity index is 378. The van der Waals surface area contributed by atoms with E-state index in [0.717, 1.165) is 15.6 Å². The van der Waals surface area contributed by atoms with E-state index in [1.54, 1.807) is 11.3 Å². The van der Waals surface area contributed by atoms with Gasteiger partial charge in [-0.3, -0.25) is 4.79 Å². The number of carbonyl (C=O) groups is 1. The Kier molecular flexibility index (Phi) is 4.74. The molecular formula is C11H17ClN2OS. The zero-order valence-electron chi connectivity index (χ0n) is 10.0. The van der Waals surface area contributed by atoms with Crippen LogP contribution in [0.15, 0.2) is 0 Å². The number of carbonyl (C=O) groups excluding carboxylic acids is 1. The van der Waals surface area contributed by atoms with Gasteiger partial charge in [0.15, 0.2) is 0 Å². The summed E-state index contributed by atoms with van der Waals surface area (Å²) in [7, 11) is 0. The first-order chi connectivity index (χ1) is 7.45. The first kappa shape index (κ1) is 13.5. The van der Waals surface area contributed by atoms with Crippen molar-refractivity contribution in [1.82, 2.24) is 10.3 Å². The number of aryl methyl sites for hydroxylation is 2. The summed E-state index contributed by atoms with van der Waals surface area (Å²) >= 11 is 7.27. The van der Waals surface area contributed by atoms with Crippen LogP contribution in [0.4, 0.5) is 0 Å². The lowest BCUT2D eigenvalue weighted by molar-refractivity contribution is -0.124. The molecule has 2 unspecified atom stereocenters. The maximum Gasteiger partial charge on any atom is 0.224 e. The summed E-state index contributed by atoms with van der Waals surface area (Å²) in [6, 6.07) is 0.00404. The molecule has 5 heteroatoms. The molecule has 1 rings (SSSR count). The molecule has 0 bridgehead atoms. The second-order valence-corrected chi connectivity index (χ2v) is 5.51. The molecule has 0 radical (unpaired) electrons. The average molecular weight is 261 g/mol. The van der Waals surface area contributed by atoms with Crippen LogP contribution in [-0.4, -0.2) is 16.8 Å². The Balaban J connectivity index is 2.69. The van der Waals surface area contributed by atoms with Gasteiger partial charge >= 0.3 is 0 Å². The van der Waals surface area contributed by atoms with Gasteiger partial charge in [0.1, 0.15) is 0 Å². The van der Waals surface area contributed by atoms with Gasteiger partial charge in [-0.2, -0.15) is 0 Å². The highest BCUT2D eigenvalue weighted by Gasteiger charge is 2.18. The van der Waals surface area contributed by atoms with Gasteiger partial charge in [-0.1, -0.05) is 6.92 Å². The summed E-state index contributed by atoms with van der Waals surface area (Å²) in [6.07, 6.45) is 0. The van der Waals surface area contributed by atoms with Gasteiger partial charge in [-0.15, -0.1) is 22.9 Å². The van der Waals surface area contributed by atoms with E-state index >= 15 is 0 Å². The van der Waals surface area contributed by atoms with Crippen LogP contribution < -0.4 is 5.32 Å². The fourth-order valence-corrected chi connectivity index (χ4v) is 2.51. The summed E-state index contributed by atoms with van der Waals surface area (Å²) in [5.41, 5.74) is 0.994. The van der Waals surface area contributed by atoms with Gasteiger partial charge in [0.25, 0.3) is 0 Å². The van der Waals surface area contributed by atoms with Crippen LogP contribution >= 0.6 is 22.9 Å². The van der Waals surface area contributed by atoms with Crippen molar-refractivity contribution < 1.29 is 4.79 Å².